The zero-order chi connectivity index (χ0) is 12.3. The molecule has 1 saturated heterocycles. The van der Waals surface area contributed by atoms with Crippen molar-refractivity contribution < 1.29 is 5.11 Å². The monoisotopic (exact) mass is 234 g/mol. The Balaban J connectivity index is 2.03. The van der Waals surface area contributed by atoms with E-state index in [2.05, 4.69) is 54.2 Å². The maximum atomic E-state index is 9.57. The Morgan fingerprint density at radius 2 is 2.06 bits per heavy atom. The highest BCUT2D eigenvalue weighted by molar-refractivity contribution is 5.19. The highest BCUT2D eigenvalue weighted by Gasteiger charge is 2.24. The summed E-state index contributed by atoms with van der Waals surface area (Å²) in [6, 6.07) is 11.0. The third-order valence-electron chi connectivity index (χ3n) is 3.49. The zero-order valence-corrected chi connectivity index (χ0v) is 10.7. The minimum Gasteiger partial charge on any atom is -0.392 e. The van der Waals surface area contributed by atoms with E-state index in [4.69, 9.17) is 0 Å². The van der Waals surface area contributed by atoms with Crippen LogP contribution in [0.4, 0.5) is 0 Å². The molecule has 1 aliphatic rings. The minimum atomic E-state index is -0.131. The van der Waals surface area contributed by atoms with Crippen LogP contribution in [0.25, 0.3) is 0 Å². The van der Waals surface area contributed by atoms with Gasteiger partial charge in [-0.25, -0.2) is 0 Å². The van der Waals surface area contributed by atoms with Crippen LogP contribution in [0.5, 0.6) is 0 Å². The maximum absolute atomic E-state index is 9.57. The predicted molar refractivity (Wildman–Crippen MR) is 69.9 cm³/mol. The van der Waals surface area contributed by atoms with Gasteiger partial charge in [0.05, 0.1) is 6.10 Å². The van der Waals surface area contributed by atoms with Crippen LogP contribution in [0.15, 0.2) is 30.3 Å². The number of rotatable bonds is 4. The first-order valence-corrected chi connectivity index (χ1v) is 6.28. The maximum Gasteiger partial charge on any atom is 0.0679 e. The van der Waals surface area contributed by atoms with Crippen molar-refractivity contribution in [3.63, 3.8) is 0 Å². The van der Waals surface area contributed by atoms with Gasteiger partial charge >= 0.3 is 0 Å². The summed E-state index contributed by atoms with van der Waals surface area (Å²) in [5, 5.41) is 9.57. The molecular weight excluding hydrogens is 212 g/mol. The summed E-state index contributed by atoms with van der Waals surface area (Å²) < 4.78 is 0. The molecule has 3 heteroatoms. The van der Waals surface area contributed by atoms with E-state index in [1.54, 1.807) is 0 Å². The molecule has 0 saturated carbocycles. The number of hydrogen-bond donors (Lipinski definition) is 1. The fourth-order valence-corrected chi connectivity index (χ4v) is 2.46. The Morgan fingerprint density at radius 3 is 2.59 bits per heavy atom. The Kier molecular flexibility index (Phi) is 4.15. The van der Waals surface area contributed by atoms with Crippen LogP contribution >= 0.6 is 0 Å². The Bertz CT molecular complexity index is 339. The van der Waals surface area contributed by atoms with E-state index in [1.807, 2.05) is 0 Å². The molecule has 1 fully saturated rings. The van der Waals surface area contributed by atoms with Crippen molar-refractivity contribution >= 4 is 0 Å². The molecular formula is C14H22N2O. The number of likely N-dealkylation sites (N-methyl/N-ethyl adjacent to an activating group) is 1. The molecule has 0 amide bonds. The number of nitrogens with zero attached hydrogens (tertiary/aromatic N) is 2. The van der Waals surface area contributed by atoms with E-state index in [-0.39, 0.29) is 6.10 Å². The molecule has 0 bridgehead atoms. The molecule has 1 aliphatic heterocycles. The quantitative estimate of drug-likeness (QED) is 0.852. The lowest BCUT2D eigenvalue weighted by Gasteiger charge is -2.29. The van der Waals surface area contributed by atoms with Crippen molar-refractivity contribution in [2.24, 2.45) is 0 Å². The molecule has 1 aromatic carbocycles. The van der Waals surface area contributed by atoms with Gasteiger partial charge in [0.15, 0.2) is 0 Å². The second-order valence-corrected chi connectivity index (χ2v) is 5.09. The predicted octanol–water partition coefficient (Wildman–Crippen LogP) is 1.36. The molecule has 2 unspecified atom stereocenters. The largest absolute Gasteiger partial charge is 0.392 e. The summed E-state index contributed by atoms with van der Waals surface area (Å²) in [5.41, 5.74) is 1.35. The van der Waals surface area contributed by atoms with E-state index < -0.39 is 0 Å². The van der Waals surface area contributed by atoms with Gasteiger partial charge in [-0.1, -0.05) is 30.3 Å². The fourth-order valence-electron chi connectivity index (χ4n) is 2.46. The van der Waals surface area contributed by atoms with Gasteiger partial charge in [0.1, 0.15) is 0 Å². The number of β-amino-alcohol motifs (C(OH)–C–C–N with tert-alkyl or cyclic N) is 1. The molecule has 94 valence electrons. The van der Waals surface area contributed by atoms with Crippen molar-refractivity contribution in [1.82, 2.24) is 9.80 Å². The molecule has 2 rings (SSSR count). The van der Waals surface area contributed by atoms with E-state index in [9.17, 15) is 5.11 Å². The van der Waals surface area contributed by atoms with Crippen LogP contribution in [-0.2, 0) is 0 Å². The number of benzene rings is 1. The van der Waals surface area contributed by atoms with E-state index in [0.717, 1.165) is 26.1 Å². The number of aliphatic hydroxyl groups is 1. The van der Waals surface area contributed by atoms with Crippen LogP contribution in [0.1, 0.15) is 18.0 Å². The SMILES string of the molecule is CN(C)C(CN1CCC(O)C1)c1ccccc1. The van der Waals surface area contributed by atoms with Crippen molar-refractivity contribution in [3.05, 3.63) is 35.9 Å². The molecule has 0 aromatic heterocycles. The van der Waals surface area contributed by atoms with E-state index in [0.29, 0.717) is 6.04 Å². The summed E-state index contributed by atoms with van der Waals surface area (Å²) in [5.74, 6) is 0. The number of aliphatic hydroxyl groups excluding tert-OH is 1. The lowest BCUT2D eigenvalue weighted by atomic mass is 10.1. The summed E-state index contributed by atoms with van der Waals surface area (Å²) >= 11 is 0. The number of likely N-dealkylation sites (tertiary alicyclic amines) is 1. The van der Waals surface area contributed by atoms with Crippen LogP contribution in [-0.4, -0.2) is 54.7 Å². The third-order valence-corrected chi connectivity index (χ3v) is 3.49. The third kappa shape index (κ3) is 3.28. The molecule has 17 heavy (non-hydrogen) atoms. The van der Waals surface area contributed by atoms with Crippen molar-refractivity contribution in [1.29, 1.82) is 0 Å². The van der Waals surface area contributed by atoms with Crippen LogP contribution in [0.3, 0.4) is 0 Å². The first-order valence-electron chi connectivity index (χ1n) is 6.28. The van der Waals surface area contributed by atoms with Gasteiger partial charge in [0.2, 0.25) is 0 Å². The van der Waals surface area contributed by atoms with Gasteiger partial charge in [0.25, 0.3) is 0 Å². The first kappa shape index (κ1) is 12.6. The standard InChI is InChI=1S/C14H22N2O/c1-15(2)14(12-6-4-3-5-7-12)11-16-9-8-13(17)10-16/h3-7,13-14,17H,8-11H2,1-2H3. The summed E-state index contributed by atoms with van der Waals surface area (Å²) in [6.07, 6.45) is 0.781. The molecule has 0 spiro atoms. The molecule has 1 aromatic rings. The van der Waals surface area contributed by atoms with Crippen molar-refractivity contribution in [2.75, 3.05) is 33.7 Å². The van der Waals surface area contributed by atoms with Gasteiger partial charge < -0.3 is 10.0 Å². The molecule has 2 atom stereocenters. The second kappa shape index (κ2) is 5.63. The second-order valence-electron chi connectivity index (χ2n) is 5.09. The Morgan fingerprint density at radius 1 is 1.35 bits per heavy atom. The first-order chi connectivity index (χ1) is 8.16. The zero-order valence-electron chi connectivity index (χ0n) is 10.7. The van der Waals surface area contributed by atoms with Crippen LogP contribution in [0, 0.1) is 0 Å². The van der Waals surface area contributed by atoms with E-state index >= 15 is 0 Å². The minimum absolute atomic E-state index is 0.131. The molecule has 3 nitrogen and oxygen atoms in total. The average Bonchev–Trinajstić information content (AvgIpc) is 2.73. The fraction of sp³-hybridized carbons (Fsp3) is 0.571. The molecule has 0 aliphatic carbocycles. The molecule has 1 heterocycles. The number of hydrogen-bond acceptors (Lipinski definition) is 3. The lowest BCUT2D eigenvalue weighted by molar-refractivity contribution is 0.158. The van der Waals surface area contributed by atoms with Crippen LogP contribution in [0.2, 0.25) is 0 Å². The van der Waals surface area contributed by atoms with Gasteiger partial charge in [-0.15, -0.1) is 0 Å². The van der Waals surface area contributed by atoms with Gasteiger partial charge in [-0.05, 0) is 26.1 Å². The molecule has 0 radical (unpaired) electrons. The van der Waals surface area contributed by atoms with Gasteiger partial charge in [-0.2, -0.15) is 0 Å². The Labute approximate surface area is 104 Å². The topological polar surface area (TPSA) is 26.7 Å². The van der Waals surface area contributed by atoms with Gasteiger partial charge in [-0.3, -0.25) is 4.90 Å². The highest BCUT2D eigenvalue weighted by atomic mass is 16.3. The van der Waals surface area contributed by atoms with E-state index in [1.165, 1.54) is 5.56 Å². The normalized spacial score (nSPS) is 23.2. The Hall–Kier alpha value is -0.900. The summed E-state index contributed by atoms with van der Waals surface area (Å²) in [4.78, 5) is 4.60. The van der Waals surface area contributed by atoms with Crippen molar-refractivity contribution in [2.45, 2.75) is 18.6 Å². The van der Waals surface area contributed by atoms with Crippen LogP contribution < -0.4 is 0 Å². The lowest BCUT2D eigenvalue weighted by Crippen LogP contribution is -2.34. The average molecular weight is 234 g/mol. The summed E-state index contributed by atoms with van der Waals surface area (Å²) in [6.45, 7) is 2.82. The van der Waals surface area contributed by atoms with Crippen molar-refractivity contribution in [3.8, 4) is 0 Å². The smallest absolute Gasteiger partial charge is 0.0679 e. The van der Waals surface area contributed by atoms with Gasteiger partial charge in [0, 0.05) is 25.7 Å². The molecule has 1 N–H and O–H groups in total. The summed E-state index contributed by atoms with van der Waals surface area (Å²) in [7, 11) is 4.23. The highest BCUT2D eigenvalue weighted by Crippen LogP contribution is 2.21.